The predicted octanol–water partition coefficient (Wildman–Crippen LogP) is 0.558. The second-order valence-electron chi connectivity index (χ2n) is 3.03. The van der Waals surface area contributed by atoms with Crippen LogP contribution in [0.4, 0.5) is 0 Å². The van der Waals surface area contributed by atoms with E-state index in [0.717, 1.165) is 12.8 Å². The van der Waals surface area contributed by atoms with E-state index < -0.39 is 11.8 Å². The van der Waals surface area contributed by atoms with Crippen molar-refractivity contribution in [2.24, 2.45) is 5.73 Å². The van der Waals surface area contributed by atoms with E-state index in [1.54, 1.807) is 0 Å². The molecule has 2 amide bonds. The van der Waals surface area contributed by atoms with Gasteiger partial charge in [0.1, 0.15) is 0 Å². The minimum atomic E-state index is -0.909. The van der Waals surface area contributed by atoms with Crippen LogP contribution in [0.25, 0.3) is 0 Å². The van der Waals surface area contributed by atoms with Gasteiger partial charge in [-0.3, -0.25) is 9.59 Å². The first-order chi connectivity index (χ1) is 6.18. The van der Waals surface area contributed by atoms with Gasteiger partial charge in [-0.15, -0.1) is 0 Å². The Morgan fingerprint density at radius 1 is 1.15 bits per heavy atom. The first kappa shape index (κ1) is 11.9. The van der Waals surface area contributed by atoms with E-state index in [9.17, 15) is 9.59 Å². The summed E-state index contributed by atoms with van der Waals surface area (Å²) in [7, 11) is 0. The largest absolute Gasteiger partial charge is 0.361 e. The number of nitrogens with two attached hydrogens (primary N) is 1. The molecule has 0 atom stereocenters. The summed E-state index contributed by atoms with van der Waals surface area (Å²) < 4.78 is 0. The van der Waals surface area contributed by atoms with Gasteiger partial charge in [0.05, 0.1) is 0 Å². The maximum atomic E-state index is 10.6. The lowest BCUT2D eigenvalue weighted by molar-refractivity contribution is -0.137. The van der Waals surface area contributed by atoms with Crippen molar-refractivity contribution in [3.63, 3.8) is 0 Å². The van der Waals surface area contributed by atoms with Crippen LogP contribution in [0.15, 0.2) is 0 Å². The van der Waals surface area contributed by atoms with Crippen molar-refractivity contribution in [2.75, 3.05) is 6.54 Å². The molecule has 0 spiro atoms. The maximum Gasteiger partial charge on any atom is 0.309 e. The zero-order valence-corrected chi connectivity index (χ0v) is 8.14. The Labute approximate surface area is 78.9 Å². The van der Waals surface area contributed by atoms with E-state index in [2.05, 4.69) is 12.2 Å². The van der Waals surface area contributed by atoms with Gasteiger partial charge in [0.15, 0.2) is 0 Å². The molecule has 0 aliphatic carbocycles. The smallest absolute Gasteiger partial charge is 0.309 e. The van der Waals surface area contributed by atoms with E-state index >= 15 is 0 Å². The normalized spacial score (nSPS) is 9.62. The topological polar surface area (TPSA) is 72.2 Å². The predicted molar refractivity (Wildman–Crippen MR) is 51.0 cm³/mol. The lowest BCUT2D eigenvalue weighted by Gasteiger charge is -2.01. The molecular weight excluding hydrogens is 168 g/mol. The average Bonchev–Trinajstić information content (AvgIpc) is 2.10. The monoisotopic (exact) mass is 186 g/mol. The van der Waals surface area contributed by atoms with Gasteiger partial charge in [-0.05, 0) is 6.42 Å². The zero-order valence-electron chi connectivity index (χ0n) is 8.14. The van der Waals surface area contributed by atoms with E-state index in [-0.39, 0.29) is 0 Å². The first-order valence-electron chi connectivity index (χ1n) is 4.76. The molecule has 0 saturated carbocycles. The van der Waals surface area contributed by atoms with Crippen molar-refractivity contribution in [3.05, 3.63) is 0 Å². The van der Waals surface area contributed by atoms with Gasteiger partial charge < -0.3 is 11.1 Å². The molecule has 0 saturated heterocycles. The maximum absolute atomic E-state index is 10.6. The summed E-state index contributed by atoms with van der Waals surface area (Å²) in [5.74, 6) is -1.59. The SMILES string of the molecule is CCCCCCCNC(=O)C(N)=O. The molecule has 0 heterocycles. The fourth-order valence-electron chi connectivity index (χ4n) is 1.02. The molecule has 4 nitrogen and oxygen atoms in total. The van der Waals surface area contributed by atoms with Crippen LogP contribution in [0.2, 0.25) is 0 Å². The molecule has 0 aromatic carbocycles. The third kappa shape index (κ3) is 7.31. The lowest BCUT2D eigenvalue weighted by atomic mass is 10.1. The van der Waals surface area contributed by atoms with Crippen LogP contribution in [0.3, 0.4) is 0 Å². The van der Waals surface area contributed by atoms with Crippen molar-refractivity contribution in [2.45, 2.75) is 39.0 Å². The Balaban J connectivity index is 3.16. The molecule has 0 fully saturated rings. The summed E-state index contributed by atoms with van der Waals surface area (Å²) in [6.07, 6.45) is 5.62. The number of hydrogen-bond donors (Lipinski definition) is 2. The standard InChI is InChI=1S/C9H18N2O2/c1-2-3-4-5-6-7-11-9(13)8(10)12/h2-7H2,1H3,(H2,10,12)(H,11,13). The van der Waals surface area contributed by atoms with Crippen molar-refractivity contribution < 1.29 is 9.59 Å². The Kier molecular flexibility index (Phi) is 6.96. The van der Waals surface area contributed by atoms with Crippen LogP contribution in [-0.4, -0.2) is 18.4 Å². The van der Waals surface area contributed by atoms with Crippen LogP contribution in [0.5, 0.6) is 0 Å². The molecule has 76 valence electrons. The van der Waals surface area contributed by atoms with Crippen LogP contribution in [0.1, 0.15) is 39.0 Å². The number of primary amides is 1. The number of unbranched alkanes of at least 4 members (excludes halogenated alkanes) is 4. The number of amides is 2. The first-order valence-corrected chi connectivity index (χ1v) is 4.76. The van der Waals surface area contributed by atoms with Gasteiger partial charge in [0.2, 0.25) is 0 Å². The Bertz CT molecular complexity index is 169. The summed E-state index contributed by atoms with van der Waals surface area (Å²) in [5, 5.41) is 2.45. The van der Waals surface area contributed by atoms with E-state index in [0.29, 0.717) is 6.54 Å². The molecule has 0 aromatic heterocycles. The van der Waals surface area contributed by atoms with Crippen LogP contribution in [0, 0.1) is 0 Å². The summed E-state index contributed by atoms with van der Waals surface area (Å²) in [5.41, 5.74) is 4.75. The highest BCUT2D eigenvalue weighted by Gasteiger charge is 2.05. The average molecular weight is 186 g/mol. The third-order valence-electron chi connectivity index (χ3n) is 1.79. The fourth-order valence-corrected chi connectivity index (χ4v) is 1.02. The molecule has 0 aliphatic rings. The molecule has 0 rings (SSSR count). The summed E-state index contributed by atoms with van der Waals surface area (Å²) in [4.78, 5) is 20.9. The third-order valence-corrected chi connectivity index (χ3v) is 1.79. The van der Waals surface area contributed by atoms with Gasteiger partial charge in [-0.2, -0.15) is 0 Å². The highest BCUT2D eigenvalue weighted by molar-refractivity contribution is 6.34. The van der Waals surface area contributed by atoms with E-state index in [4.69, 9.17) is 5.73 Å². The van der Waals surface area contributed by atoms with Gasteiger partial charge in [0.25, 0.3) is 0 Å². The zero-order chi connectivity index (χ0) is 10.1. The van der Waals surface area contributed by atoms with Crippen LogP contribution >= 0.6 is 0 Å². The van der Waals surface area contributed by atoms with Gasteiger partial charge >= 0.3 is 11.8 Å². The summed E-state index contributed by atoms with van der Waals surface area (Å²) in [6.45, 7) is 2.69. The second kappa shape index (κ2) is 7.58. The number of carbonyl (C=O) groups is 2. The minimum absolute atomic E-state index is 0.547. The van der Waals surface area contributed by atoms with Crippen molar-refractivity contribution in [1.82, 2.24) is 5.32 Å². The highest BCUT2D eigenvalue weighted by atomic mass is 16.2. The molecule has 0 radical (unpaired) electrons. The summed E-state index contributed by atoms with van der Waals surface area (Å²) >= 11 is 0. The number of nitrogens with one attached hydrogen (secondary N) is 1. The number of rotatable bonds is 6. The molecule has 0 aromatic rings. The summed E-state index contributed by atoms with van der Waals surface area (Å²) in [6, 6.07) is 0. The highest BCUT2D eigenvalue weighted by Crippen LogP contribution is 2.00. The van der Waals surface area contributed by atoms with Crippen LogP contribution in [-0.2, 0) is 9.59 Å². The number of carbonyl (C=O) groups excluding carboxylic acids is 2. The molecule has 0 bridgehead atoms. The molecule has 0 unspecified atom stereocenters. The van der Waals surface area contributed by atoms with Gasteiger partial charge in [0, 0.05) is 6.54 Å². The lowest BCUT2D eigenvalue weighted by Crippen LogP contribution is -2.36. The molecule has 4 heteroatoms. The Morgan fingerprint density at radius 2 is 1.77 bits per heavy atom. The second-order valence-corrected chi connectivity index (χ2v) is 3.03. The minimum Gasteiger partial charge on any atom is -0.361 e. The van der Waals surface area contributed by atoms with Gasteiger partial charge in [-0.25, -0.2) is 0 Å². The Hall–Kier alpha value is -1.06. The van der Waals surface area contributed by atoms with Crippen LogP contribution < -0.4 is 11.1 Å². The van der Waals surface area contributed by atoms with Crippen molar-refractivity contribution in [1.29, 1.82) is 0 Å². The Morgan fingerprint density at radius 3 is 2.31 bits per heavy atom. The van der Waals surface area contributed by atoms with E-state index in [1.807, 2.05) is 0 Å². The van der Waals surface area contributed by atoms with Crippen molar-refractivity contribution >= 4 is 11.8 Å². The number of hydrogen-bond acceptors (Lipinski definition) is 2. The quantitative estimate of drug-likeness (QED) is 0.470. The molecule has 3 N–H and O–H groups in total. The van der Waals surface area contributed by atoms with Gasteiger partial charge in [-0.1, -0.05) is 32.6 Å². The fraction of sp³-hybridized carbons (Fsp3) is 0.778. The van der Waals surface area contributed by atoms with Crippen molar-refractivity contribution in [3.8, 4) is 0 Å². The molecular formula is C9H18N2O2. The molecule has 0 aliphatic heterocycles. The molecule has 13 heavy (non-hydrogen) atoms. The van der Waals surface area contributed by atoms with E-state index in [1.165, 1.54) is 19.3 Å².